The van der Waals surface area contributed by atoms with Crippen LogP contribution in [-0.4, -0.2) is 48.1 Å². The molecule has 0 unspecified atom stereocenters. The summed E-state index contributed by atoms with van der Waals surface area (Å²) in [4.78, 5) is 7.61. The van der Waals surface area contributed by atoms with Crippen molar-refractivity contribution < 1.29 is 8.42 Å². The number of nitrogens with one attached hydrogen (secondary N) is 2. The van der Waals surface area contributed by atoms with E-state index < -0.39 is 10.0 Å². The first-order chi connectivity index (χ1) is 9.54. The van der Waals surface area contributed by atoms with Gasteiger partial charge in [-0.1, -0.05) is 12.1 Å². The van der Waals surface area contributed by atoms with Crippen molar-refractivity contribution in [3.8, 4) is 0 Å². The molecule has 0 aliphatic carbocycles. The lowest BCUT2D eigenvalue weighted by Gasteiger charge is -2.22. The lowest BCUT2D eigenvalue weighted by Crippen LogP contribution is -2.38. The fourth-order valence-corrected chi connectivity index (χ4v) is 3.88. The van der Waals surface area contributed by atoms with E-state index in [0.717, 1.165) is 23.9 Å². The molecule has 1 saturated heterocycles. The van der Waals surface area contributed by atoms with Crippen molar-refractivity contribution >= 4 is 27.0 Å². The number of rotatable bonds is 4. The molecule has 0 radical (unpaired) electrons. The average Bonchev–Trinajstić information content (AvgIpc) is 3.01. The molecule has 3 rings (SSSR count). The van der Waals surface area contributed by atoms with E-state index >= 15 is 0 Å². The molecule has 0 spiro atoms. The van der Waals surface area contributed by atoms with Crippen LogP contribution in [0.15, 0.2) is 24.3 Å². The van der Waals surface area contributed by atoms with Crippen molar-refractivity contribution in [3.63, 3.8) is 0 Å². The number of nitrogens with zero attached hydrogens (tertiary/aromatic N) is 2. The van der Waals surface area contributed by atoms with Gasteiger partial charge in [-0.2, -0.15) is 4.31 Å². The molecule has 20 heavy (non-hydrogen) atoms. The summed E-state index contributed by atoms with van der Waals surface area (Å²) in [5, 5.41) is 3.21. The highest BCUT2D eigenvalue weighted by molar-refractivity contribution is 7.88. The molecule has 6 nitrogen and oxygen atoms in total. The Balaban J connectivity index is 1.70. The number of fused-ring (bicyclic) bond motifs is 1. The number of hydrogen-bond donors (Lipinski definition) is 2. The number of imidazole rings is 1. The third-order valence-electron chi connectivity index (χ3n) is 3.64. The highest BCUT2D eigenvalue weighted by Gasteiger charge is 2.31. The second-order valence-electron chi connectivity index (χ2n) is 5.15. The molecule has 1 aromatic carbocycles. The number of hydrogen-bond acceptors (Lipinski definition) is 4. The number of aromatic nitrogens is 2. The molecule has 108 valence electrons. The molecule has 2 heterocycles. The van der Waals surface area contributed by atoms with E-state index in [1.165, 1.54) is 6.26 Å². The predicted molar refractivity (Wildman–Crippen MR) is 79.2 cm³/mol. The average molecular weight is 294 g/mol. The van der Waals surface area contributed by atoms with Crippen molar-refractivity contribution in [1.29, 1.82) is 0 Å². The van der Waals surface area contributed by atoms with Gasteiger partial charge in [-0.3, -0.25) is 0 Å². The molecular formula is C13H18N4O2S. The van der Waals surface area contributed by atoms with Gasteiger partial charge in [0.05, 0.1) is 17.3 Å². The van der Waals surface area contributed by atoms with Crippen LogP contribution in [0.4, 0.5) is 5.95 Å². The van der Waals surface area contributed by atoms with Crippen LogP contribution in [0.3, 0.4) is 0 Å². The monoisotopic (exact) mass is 294 g/mol. The zero-order chi connectivity index (χ0) is 14.2. The van der Waals surface area contributed by atoms with E-state index in [-0.39, 0.29) is 6.04 Å². The van der Waals surface area contributed by atoms with Crippen molar-refractivity contribution in [2.24, 2.45) is 0 Å². The highest BCUT2D eigenvalue weighted by atomic mass is 32.2. The summed E-state index contributed by atoms with van der Waals surface area (Å²) in [5.74, 6) is 0.687. The smallest absolute Gasteiger partial charge is 0.211 e. The van der Waals surface area contributed by atoms with E-state index in [1.807, 2.05) is 24.3 Å². The number of sulfonamides is 1. The molecule has 1 aliphatic heterocycles. The third-order valence-corrected chi connectivity index (χ3v) is 4.98. The van der Waals surface area contributed by atoms with Gasteiger partial charge in [0.25, 0.3) is 0 Å². The summed E-state index contributed by atoms with van der Waals surface area (Å²) in [7, 11) is -3.12. The summed E-state index contributed by atoms with van der Waals surface area (Å²) in [6, 6.07) is 7.81. The van der Waals surface area contributed by atoms with Gasteiger partial charge in [0, 0.05) is 19.1 Å². The number of benzene rings is 1. The van der Waals surface area contributed by atoms with Crippen LogP contribution in [-0.2, 0) is 10.0 Å². The summed E-state index contributed by atoms with van der Waals surface area (Å²) in [6.07, 6.45) is 3.08. The minimum absolute atomic E-state index is 0.0122. The molecule has 7 heteroatoms. The van der Waals surface area contributed by atoms with Gasteiger partial charge < -0.3 is 10.3 Å². The predicted octanol–water partition coefficient (Wildman–Crippen LogP) is 1.40. The SMILES string of the molecule is CS(=O)(=O)N1CCC[C@@H]1CNc1nc2ccccc2[nH]1. The van der Waals surface area contributed by atoms with E-state index in [1.54, 1.807) is 4.31 Å². The number of H-pyrrole nitrogens is 1. The lowest BCUT2D eigenvalue weighted by molar-refractivity contribution is 0.402. The normalized spacial score (nSPS) is 20.6. The fraction of sp³-hybridized carbons (Fsp3) is 0.462. The molecule has 1 aliphatic rings. The Morgan fingerprint density at radius 1 is 1.45 bits per heavy atom. The van der Waals surface area contributed by atoms with Crippen molar-refractivity contribution in [3.05, 3.63) is 24.3 Å². The van der Waals surface area contributed by atoms with Gasteiger partial charge in [-0.15, -0.1) is 0 Å². The Bertz CT molecular complexity index is 677. The van der Waals surface area contributed by atoms with Crippen LogP contribution in [0.25, 0.3) is 11.0 Å². The van der Waals surface area contributed by atoms with Gasteiger partial charge >= 0.3 is 0 Å². The molecular weight excluding hydrogens is 276 g/mol. The van der Waals surface area contributed by atoms with Gasteiger partial charge in [0.15, 0.2) is 0 Å². The maximum atomic E-state index is 11.7. The van der Waals surface area contributed by atoms with Gasteiger partial charge in [-0.05, 0) is 25.0 Å². The van der Waals surface area contributed by atoms with Crippen molar-refractivity contribution in [2.75, 3.05) is 24.7 Å². The zero-order valence-electron chi connectivity index (χ0n) is 11.3. The molecule has 2 aromatic rings. The standard InChI is InChI=1S/C13H18N4O2S/c1-20(18,19)17-8-4-5-10(17)9-14-13-15-11-6-2-3-7-12(11)16-13/h2-3,6-7,10H,4-5,8-9H2,1H3,(H2,14,15,16)/t10-/m1/s1. The summed E-state index contributed by atoms with van der Waals surface area (Å²) < 4.78 is 24.9. The van der Waals surface area contributed by atoms with Crippen LogP contribution >= 0.6 is 0 Å². The minimum atomic E-state index is -3.12. The first-order valence-electron chi connectivity index (χ1n) is 6.69. The molecule has 1 aromatic heterocycles. The summed E-state index contributed by atoms with van der Waals surface area (Å²) in [5.41, 5.74) is 1.88. The van der Waals surface area contributed by atoms with Crippen LogP contribution in [0.1, 0.15) is 12.8 Å². The van der Waals surface area contributed by atoms with E-state index in [2.05, 4.69) is 15.3 Å². The molecule has 2 N–H and O–H groups in total. The maximum Gasteiger partial charge on any atom is 0.211 e. The van der Waals surface area contributed by atoms with Crippen molar-refractivity contribution in [1.82, 2.24) is 14.3 Å². The van der Waals surface area contributed by atoms with Gasteiger partial charge in [0.2, 0.25) is 16.0 Å². The van der Waals surface area contributed by atoms with E-state index in [4.69, 9.17) is 0 Å². The minimum Gasteiger partial charge on any atom is -0.354 e. The maximum absolute atomic E-state index is 11.7. The number of para-hydroxylation sites is 2. The Hall–Kier alpha value is -1.60. The lowest BCUT2D eigenvalue weighted by atomic mass is 10.2. The third kappa shape index (κ3) is 2.64. The number of anilines is 1. The van der Waals surface area contributed by atoms with Crippen LogP contribution < -0.4 is 5.32 Å². The van der Waals surface area contributed by atoms with Crippen LogP contribution in [0, 0.1) is 0 Å². The molecule has 1 fully saturated rings. The van der Waals surface area contributed by atoms with Crippen molar-refractivity contribution in [2.45, 2.75) is 18.9 Å². The molecule has 0 saturated carbocycles. The largest absolute Gasteiger partial charge is 0.354 e. The van der Waals surface area contributed by atoms with Crippen LogP contribution in [0.2, 0.25) is 0 Å². The van der Waals surface area contributed by atoms with E-state index in [0.29, 0.717) is 19.0 Å². The zero-order valence-corrected chi connectivity index (χ0v) is 12.2. The van der Waals surface area contributed by atoms with Gasteiger partial charge in [0.1, 0.15) is 0 Å². The van der Waals surface area contributed by atoms with E-state index in [9.17, 15) is 8.42 Å². The van der Waals surface area contributed by atoms with Gasteiger partial charge in [-0.25, -0.2) is 13.4 Å². The quantitative estimate of drug-likeness (QED) is 0.893. The number of aromatic amines is 1. The topological polar surface area (TPSA) is 78.1 Å². The highest BCUT2D eigenvalue weighted by Crippen LogP contribution is 2.21. The summed E-state index contributed by atoms with van der Waals surface area (Å²) >= 11 is 0. The first-order valence-corrected chi connectivity index (χ1v) is 8.54. The Labute approximate surface area is 118 Å². The molecule has 0 bridgehead atoms. The second kappa shape index (κ2) is 5.06. The summed E-state index contributed by atoms with van der Waals surface area (Å²) in [6.45, 7) is 1.19. The van der Waals surface area contributed by atoms with Crippen LogP contribution in [0.5, 0.6) is 0 Å². The molecule has 0 amide bonds. The first kappa shape index (κ1) is 13.4. The Morgan fingerprint density at radius 2 is 2.25 bits per heavy atom. The Kier molecular flexibility index (Phi) is 3.39. The second-order valence-corrected chi connectivity index (χ2v) is 7.09. The Morgan fingerprint density at radius 3 is 3.00 bits per heavy atom. The molecule has 1 atom stereocenters. The fourth-order valence-electron chi connectivity index (χ4n) is 2.70.